The number of alkyl halides is 6. The lowest BCUT2D eigenvalue weighted by atomic mass is 9.94. The van der Waals surface area contributed by atoms with Gasteiger partial charge < -0.3 is 11.1 Å². The summed E-state index contributed by atoms with van der Waals surface area (Å²) in [6, 6.07) is 0.474. The van der Waals surface area contributed by atoms with E-state index in [0.717, 1.165) is 13.1 Å². The number of nitrogens with zero attached hydrogens (tertiary/aromatic N) is 1. The molecular weight excluding hydrogens is 452 g/mol. The largest absolute Gasteiger partial charge is 0.416 e. The molecule has 0 aromatic heterocycles. The Labute approximate surface area is 188 Å². The van der Waals surface area contributed by atoms with E-state index in [1.54, 1.807) is 0 Å². The van der Waals surface area contributed by atoms with Crippen molar-refractivity contribution in [2.75, 3.05) is 19.6 Å². The topological polar surface area (TPSA) is 75.4 Å². The minimum Gasteiger partial charge on any atom is -0.366 e. The number of amides is 2. The van der Waals surface area contributed by atoms with Crippen LogP contribution in [0.5, 0.6) is 0 Å². The lowest BCUT2D eigenvalue weighted by molar-refractivity contribution is -0.143. The molecule has 1 aromatic carbocycles. The van der Waals surface area contributed by atoms with Gasteiger partial charge in [0.2, 0.25) is 11.8 Å². The van der Waals surface area contributed by atoms with Crippen LogP contribution in [0.25, 0.3) is 0 Å². The highest BCUT2D eigenvalue weighted by molar-refractivity contribution is 5.93. The minimum absolute atomic E-state index is 0.0769. The Morgan fingerprint density at radius 3 is 1.70 bits per heavy atom. The maximum absolute atomic E-state index is 12.3. The zero-order valence-electron chi connectivity index (χ0n) is 18.8. The molecule has 1 saturated heterocycles. The summed E-state index contributed by atoms with van der Waals surface area (Å²) in [6.07, 6.45) is -4.51. The fourth-order valence-corrected chi connectivity index (χ4v) is 3.62. The smallest absolute Gasteiger partial charge is 0.366 e. The van der Waals surface area contributed by atoms with Gasteiger partial charge in [-0.15, -0.1) is 0 Å². The first kappa shape index (κ1) is 26.9. The fourth-order valence-electron chi connectivity index (χ4n) is 3.62. The molecule has 33 heavy (non-hydrogen) atoms. The number of carbonyl (C=O) groups is 2. The SMILES string of the molecule is CC(C)(C)NC(=O)CN1CCC2(CC1)CC2.NC(=O)c1cc(C(F)(F)F)cc(C(F)(F)F)c1. The van der Waals surface area contributed by atoms with Crippen LogP contribution in [-0.2, 0) is 17.1 Å². The average Bonchev–Trinajstić information content (AvgIpc) is 3.40. The molecule has 5 nitrogen and oxygen atoms in total. The first-order chi connectivity index (χ1) is 14.9. The van der Waals surface area contributed by atoms with E-state index in [1.807, 2.05) is 20.8 Å². The summed E-state index contributed by atoms with van der Waals surface area (Å²) in [5, 5.41) is 3.02. The van der Waals surface area contributed by atoms with E-state index in [2.05, 4.69) is 16.0 Å². The van der Waals surface area contributed by atoms with Crippen molar-refractivity contribution in [2.45, 2.75) is 64.3 Å². The number of hydrogen-bond donors (Lipinski definition) is 2. The molecule has 1 spiro atoms. The van der Waals surface area contributed by atoms with E-state index >= 15 is 0 Å². The molecule has 3 N–H and O–H groups in total. The van der Waals surface area contributed by atoms with Crippen molar-refractivity contribution in [1.29, 1.82) is 0 Å². The van der Waals surface area contributed by atoms with Crippen molar-refractivity contribution in [2.24, 2.45) is 11.1 Å². The van der Waals surface area contributed by atoms with Crippen molar-refractivity contribution in [3.8, 4) is 0 Å². The van der Waals surface area contributed by atoms with Crippen molar-refractivity contribution in [1.82, 2.24) is 10.2 Å². The molecule has 2 aliphatic rings. The van der Waals surface area contributed by atoms with E-state index in [4.69, 9.17) is 0 Å². The van der Waals surface area contributed by atoms with E-state index in [0.29, 0.717) is 12.0 Å². The van der Waals surface area contributed by atoms with Gasteiger partial charge in [-0.05, 0) is 83.2 Å². The molecule has 0 unspecified atom stereocenters. The van der Waals surface area contributed by atoms with E-state index < -0.39 is 35.0 Å². The Bertz CT molecular complexity index is 828. The molecule has 0 atom stereocenters. The Morgan fingerprint density at radius 2 is 1.36 bits per heavy atom. The highest BCUT2D eigenvalue weighted by Crippen LogP contribution is 2.53. The molecule has 3 rings (SSSR count). The van der Waals surface area contributed by atoms with Crippen LogP contribution in [0.1, 0.15) is 67.9 Å². The van der Waals surface area contributed by atoms with Gasteiger partial charge in [0, 0.05) is 11.1 Å². The normalized spacial score (nSPS) is 18.3. The van der Waals surface area contributed by atoms with E-state index in [-0.39, 0.29) is 29.6 Å². The number of halogens is 6. The number of carbonyl (C=O) groups excluding carboxylic acids is 2. The number of nitrogens with two attached hydrogens (primary N) is 1. The van der Waals surface area contributed by atoms with E-state index in [1.165, 1.54) is 25.7 Å². The Kier molecular flexibility index (Phi) is 7.77. The van der Waals surface area contributed by atoms with Gasteiger partial charge in [0.15, 0.2) is 0 Å². The van der Waals surface area contributed by atoms with E-state index in [9.17, 15) is 35.9 Å². The standard InChI is InChI=1S/C13H24N2O.C9H5F6NO/c1-12(2,3)14-11(16)10-15-8-6-13(4-5-13)7-9-15;10-8(11,12)5-1-4(7(16)17)2-6(3-5)9(13,14)15/h4-10H2,1-3H3,(H,14,16);1-3H,(H2,16,17). The fraction of sp³-hybridized carbons (Fsp3) is 0.636. The third-order valence-electron chi connectivity index (χ3n) is 5.63. The number of benzene rings is 1. The minimum atomic E-state index is -4.98. The summed E-state index contributed by atoms with van der Waals surface area (Å²) in [7, 11) is 0. The molecule has 11 heteroatoms. The second kappa shape index (κ2) is 9.52. The van der Waals surface area contributed by atoms with Crippen LogP contribution in [-0.4, -0.2) is 41.9 Å². The highest BCUT2D eigenvalue weighted by Gasteiger charge is 2.44. The maximum atomic E-state index is 12.3. The van der Waals surface area contributed by atoms with Gasteiger partial charge in [-0.2, -0.15) is 26.3 Å². The van der Waals surface area contributed by atoms with Crippen molar-refractivity contribution >= 4 is 11.8 Å². The lowest BCUT2D eigenvalue weighted by Crippen LogP contribution is -2.47. The predicted octanol–water partition coefficient (Wildman–Crippen LogP) is 4.60. The Balaban J connectivity index is 0.000000234. The Morgan fingerprint density at radius 1 is 0.909 bits per heavy atom. The number of hydrogen-bond acceptors (Lipinski definition) is 3. The van der Waals surface area contributed by atoms with Gasteiger partial charge in [-0.3, -0.25) is 14.5 Å². The zero-order chi connectivity index (χ0) is 25.2. The van der Waals surface area contributed by atoms with Crippen LogP contribution in [0.15, 0.2) is 18.2 Å². The average molecular weight is 481 g/mol. The van der Waals surface area contributed by atoms with Crippen LogP contribution in [0.2, 0.25) is 0 Å². The molecule has 1 heterocycles. The molecular formula is C22H29F6N3O2. The molecule has 2 fully saturated rings. The summed E-state index contributed by atoms with van der Waals surface area (Å²) in [4.78, 5) is 24.7. The van der Waals surface area contributed by atoms with Crippen LogP contribution in [0.3, 0.4) is 0 Å². The summed E-state index contributed by atoms with van der Waals surface area (Å²) in [5.74, 6) is -1.19. The Hall–Kier alpha value is -2.30. The molecule has 1 aliphatic carbocycles. The summed E-state index contributed by atoms with van der Waals surface area (Å²) >= 11 is 0. The summed E-state index contributed by atoms with van der Waals surface area (Å²) < 4.78 is 73.7. The number of likely N-dealkylation sites (tertiary alicyclic amines) is 1. The number of piperidine rings is 1. The molecule has 0 bridgehead atoms. The van der Waals surface area contributed by atoms with Crippen molar-refractivity contribution < 1.29 is 35.9 Å². The monoisotopic (exact) mass is 481 g/mol. The predicted molar refractivity (Wildman–Crippen MR) is 110 cm³/mol. The van der Waals surface area contributed by atoms with Gasteiger partial charge in [0.05, 0.1) is 17.7 Å². The second-order valence-electron chi connectivity index (χ2n) is 9.73. The molecule has 1 aliphatic heterocycles. The highest BCUT2D eigenvalue weighted by atomic mass is 19.4. The van der Waals surface area contributed by atoms with Gasteiger partial charge in [-0.1, -0.05) is 0 Å². The number of primary amides is 1. The van der Waals surface area contributed by atoms with Crippen LogP contribution >= 0.6 is 0 Å². The maximum Gasteiger partial charge on any atom is 0.416 e. The molecule has 1 aromatic rings. The van der Waals surface area contributed by atoms with Gasteiger partial charge in [-0.25, -0.2) is 0 Å². The third kappa shape index (κ3) is 8.53. The zero-order valence-corrected chi connectivity index (χ0v) is 18.8. The molecule has 186 valence electrons. The van der Waals surface area contributed by atoms with Crippen molar-refractivity contribution in [3.05, 3.63) is 34.9 Å². The first-order valence-corrected chi connectivity index (χ1v) is 10.5. The third-order valence-corrected chi connectivity index (χ3v) is 5.63. The summed E-state index contributed by atoms with van der Waals surface area (Å²) in [6.45, 7) is 8.88. The number of nitrogens with one attached hydrogen (secondary N) is 1. The number of rotatable bonds is 3. The van der Waals surface area contributed by atoms with Gasteiger partial charge in [0.1, 0.15) is 0 Å². The second-order valence-corrected chi connectivity index (χ2v) is 9.73. The molecule has 2 amide bonds. The van der Waals surface area contributed by atoms with Gasteiger partial charge >= 0.3 is 12.4 Å². The van der Waals surface area contributed by atoms with Crippen molar-refractivity contribution in [3.63, 3.8) is 0 Å². The lowest BCUT2D eigenvalue weighted by Gasteiger charge is -2.32. The molecule has 1 saturated carbocycles. The quantitative estimate of drug-likeness (QED) is 0.620. The summed E-state index contributed by atoms with van der Waals surface area (Å²) in [5.41, 5.74) is 1.29. The first-order valence-electron chi connectivity index (χ1n) is 10.5. The van der Waals surface area contributed by atoms with Gasteiger partial charge in [0.25, 0.3) is 0 Å². The van der Waals surface area contributed by atoms with Crippen LogP contribution in [0.4, 0.5) is 26.3 Å². The van der Waals surface area contributed by atoms with Crippen LogP contribution in [0, 0.1) is 5.41 Å². The van der Waals surface area contributed by atoms with Crippen LogP contribution < -0.4 is 11.1 Å². The molecule has 0 radical (unpaired) electrons.